The molecule has 0 aliphatic carbocycles. The molecule has 0 unspecified atom stereocenters. The van der Waals surface area contributed by atoms with Crippen LogP contribution in [-0.2, 0) is 24.8 Å². The molecule has 5 nitrogen and oxygen atoms in total. The van der Waals surface area contributed by atoms with Gasteiger partial charge in [-0.15, -0.1) is 0 Å². The van der Waals surface area contributed by atoms with E-state index in [0.29, 0.717) is 13.0 Å². The molecule has 0 atom stereocenters. The molecule has 0 fully saturated rings. The van der Waals surface area contributed by atoms with E-state index in [-0.39, 0.29) is 5.91 Å². The predicted octanol–water partition coefficient (Wildman–Crippen LogP) is 1.80. The highest BCUT2D eigenvalue weighted by molar-refractivity contribution is 5.75. The summed E-state index contributed by atoms with van der Waals surface area (Å²) >= 11 is 0. The molecular formula is C15H20N4O. The first-order valence-corrected chi connectivity index (χ1v) is 6.77. The Morgan fingerprint density at radius 2 is 2.05 bits per heavy atom. The number of aromatic nitrogens is 3. The standard InChI is InChI=1S/C15H20N4O/c1-18(11-14-16-12-17-19(14)2)15(20)10-6-9-13-7-4-3-5-8-13/h3-5,7-8,12H,6,9-11H2,1-2H3. The van der Waals surface area contributed by atoms with Crippen molar-refractivity contribution in [1.82, 2.24) is 19.7 Å². The monoisotopic (exact) mass is 272 g/mol. The molecule has 106 valence electrons. The first-order valence-electron chi connectivity index (χ1n) is 6.77. The lowest BCUT2D eigenvalue weighted by Crippen LogP contribution is -2.27. The van der Waals surface area contributed by atoms with E-state index in [0.717, 1.165) is 18.7 Å². The molecule has 1 amide bonds. The van der Waals surface area contributed by atoms with Crippen LogP contribution >= 0.6 is 0 Å². The van der Waals surface area contributed by atoms with Gasteiger partial charge in [0.2, 0.25) is 5.91 Å². The minimum absolute atomic E-state index is 0.143. The highest BCUT2D eigenvalue weighted by Gasteiger charge is 2.11. The summed E-state index contributed by atoms with van der Waals surface area (Å²) in [5, 5.41) is 4.00. The Balaban J connectivity index is 1.76. The Bertz CT molecular complexity index is 550. The molecule has 0 saturated carbocycles. The number of nitrogens with zero attached hydrogens (tertiary/aromatic N) is 4. The van der Waals surface area contributed by atoms with Gasteiger partial charge in [0.25, 0.3) is 0 Å². The maximum absolute atomic E-state index is 12.0. The van der Waals surface area contributed by atoms with Gasteiger partial charge < -0.3 is 4.90 Å². The minimum atomic E-state index is 0.143. The van der Waals surface area contributed by atoms with E-state index in [2.05, 4.69) is 22.2 Å². The fourth-order valence-corrected chi connectivity index (χ4v) is 2.04. The van der Waals surface area contributed by atoms with E-state index >= 15 is 0 Å². The molecule has 20 heavy (non-hydrogen) atoms. The molecule has 0 spiro atoms. The van der Waals surface area contributed by atoms with Gasteiger partial charge in [0.05, 0.1) is 6.54 Å². The Hall–Kier alpha value is -2.17. The van der Waals surface area contributed by atoms with E-state index in [1.54, 1.807) is 16.6 Å². The van der Waals surface area contributed by atoms with E-state index in [1.165, 1.54) is 11.9 Å². The zero-order valence-corrected chi connectivity index (χ0v) is 12.0. The number of hydrogen-bond acceptors (Lipinski definition) is 3. The lowest BCUT2D eigenvalue weighted by Gasteiger charge is -2.16. The SMILES string of the molecule is CN(Cc1ncnn1C)C(=O)CCCc1ccccc1. The molecule has 1 aromatic heterocycles. The molecule has 2 rings (SSSR count). The number of hydrogen-bond donors (Lipinski definition) is 0. The van der Waals surface area contributed by atoms with Crippen LogP contribution in [0.25, 0.3) is 0 Å². The predicted molar refractivity (Wildman–Crippen MR) is 76.9 cm³/mol. The summed E-state index contributed by atoms with van der Waals surface area (Å²) in [6.45, 7) is 0.501. The van der Waals surface area contributed by atoms with Gasteiger partial charge in [-0.1, -0.05) is 30.3 Å². The highest BCUT2D eigenvalue weighted by atomic mass is 16.2. The molecular weight excluding hydrogens is 252 g/mol. The van der Waals surface area contributed by atoms with Gasteiger partial charge in [-0.3, -0.25) is 9.48 Å². The van der Waals surface area contributed by atoms with Crippen molar-refractivity contribution in [2.24, 2.45) is 7.05 Å². The van der Waals surface area contributed by atoms with Crippen LogP contribution in [0.5, 0.6) is 0 Å². The van der Waals surface area contributed by atoms with Crippen LogP contribution in [0.1, 0.15) is 24.2 Å². The van der Waals surface area contributed by atoms with E-state index in [4.69, 9.17) is 0 Å². The Morgan fingerprint density at radius 3 is 2.70 bits per heavy atom. The maximum Gasteiger partial charge on any atom is 0.222 e. The van der Waals surface area contributed by atoms with Crippen LogP contribution in [0.4, 0.5) is 0 Å². The summed E-state index contributed by atoms with van der Waals surface area (Å²) in [6.07, 6.45) is 3.86. The van der Waals surface area contributed by atoms with Gasteiger partial charge in [0.1, 0.15) is 12.2 Å². The number of carbonyl (C=O) groups excluding carboxylic acids is 1. The van der Waals surface area contributed by atoms with Crippen molar-refractivity contribution in [3.63, 3.8) is 0 Å². The zero-order valence-electron chi connectivity index (χ0n) is 12.0. The number of amides is 1. The summed E-state index contributed by atoms with van der Waals surface area (Å²) in [5.74, 6) is 0.938. The molecule has 0 bridgehead atoms. The van der Waals surface area contributed by atoms with Gasteiger partial charge in [0, 0.05) is 20.5 Å². The minimum Gasteiger partial charge on any atom is -0.338 e. The van der Waals surface area contributed by atoms with Crippen LogP contribution in [-0.4, -0.2) is 32.6 Å². The molecule has 0 saturated heterocycles. The summed E-state index contributed by atoms with van der Waals surface area (Å²) in [5.41, 5.74) is 1.27. The lowest BCUT2D eigenvalue weighted by atomic mass is 10.1. The molecule has 0 N–H and O–H groups in total. The van der Waals surface area contributed by atoms with Gasteiger partial charge in [-0.05, 0) is 18.4 Å². The molecule has 1 heterocycles. The highest BCUT2D eigenvalue weighted by Crippen LogP contribution is 2.07. The zero-order chi connectivity index (χ0) is 14.4. The van der Waals surface area contributed by atoms with Crippen LogP contribution in [0.3, 0.4) is 0 Å². The molecule has 5 heteroatoms. The van der Waals surface area contributed by atoms with Gasteiger partial charge in [0.15, 0.2) is 0 Å². The van der Waals surface area contributed by atoms with Gasteiger partial charge in [-0.25, -0.2) is 4.98 Å². The number of rotatable bonds is 6. The van der Waals surface area contributed by atoms with Crippen molar-refractivity contribution in [2.45, 2.75) is 25.8 Å². The van der Waals surface area contributed by atoms with Crippen molar-refractivity contribution < 1.29 is 4.79 Å². The number of benzene rings is 1. The lowest BCUT2D eigenvalue weighted by molar-refractivity contribution is -0.130. The number of aryl methyl sites for hydroxylation is 2. The Labute approximate surface area is 119 Å². The fraction of sp³-hybridized carbons (Fsp3) is 0.400. The summed E-state index contributed by atoms with van der Waals surface area (Å²) < 4.78 is 1.69. The Kier molecular flexibility index (Phi) is 4.87. The average Bonchev–Trinajstić information content (AvgIpc) is 2.85. The third-order valence-electron chi connectivity index (χ3n) is 3.31. The quantitative estimate of drug-likeness (QED) is 0.805. The van der Waals surface area contributed by atoms with E-state index in [9.17, 15) is 4.79 Å². The second kappa shape index (κ2) is 6.84. The van der Waals surface area contributed by atoms with Gasteiger partial charge >= 0.3 is 0 Å². The van der Waals surface area contributed by atoms with E-state index < -0.39 is 0 Å². The third kappa shape index (κ3) is 3.91. The smallest absolute Gasteiger partial charge is 0.222 e. The number of carbonyl (C=O) groups is 1. The van der Waals surface area contributed by atoms with Crippen molar-refractivity contribution in [3.8, 4) is 0 Å². The second-order valence-electron chi connectivity index (χ2n) is 4.89. The van der Waals surface area contributed by atoms with Crippen LogP contribution < -0.4 is 0 Å². The van der Waals surface area contributed by atoms with Crippen molar-refractivity contribution >= 4 is 5.91 Å². The van der Waals surface area contributed by atoms with Crippen molar-refractivity contribution in [1.29, 1.82) is 0 Å². The summed E-state index contributed by atoms with van der Waals surface area (Å²) in [7, 11) is 3.63. The fourth-order valence-electron chi connectivity index (χ4n) is 2.04. The van der Waals surface area contributed by atoms with Crippen LogP contribution in [0.2, 0.25) is 0 Å². The average molecular weight is 272 g/mol. The first-order chi connectivity index (χ1) is 9.66. The molecule has 2 aromatic rings. The summed E-state index contributed by atoms with van der Waals surface area (Å²) in [4.78, 5) is 17.9. The Morgan fingerprint density at radius 1 is 1.30 bits per heavy atom. The van der Waals surface area contributed by atoms with Crippen LogP contribution in [0.15, 0.2) is 36.7 Å². The first kappa shape index (κ1) is 14.2. The molecule has 0 radical (unpaired) electrons. The molecule has 1 aromatic carbocycles. The molecule has 0 aliphatic heterocycles. The second-order valence-corrected chi connectivity index (χ2v) is 4.89. The van der Waals surface area contributed by atoms with E-state index in [1.807, 2.05) is 25.2 Å². The van der Waals surface area contributed by atoms with Crippen LogP contribution in [0, 0.1) is 0 Å². The normalized spacial score (nSPS) is 10.5. The maximum atomic E-state index is 12.0. The summed E-state index contributed by atoms with van der Waals surface area (Å²) in [6, 6.07) is 10.2. The van der Waals surface area contributed by atoms with Crippen molar-refractivity contribution in [2.75, 3.05) is 7.05 Å². The molecule has 0 aliphatic rings. The van der Waals surface area contributed by atoms with Crippen molar-refractivity contribution in [3.05, 3.63) is 48.0 Å². The van der Waals surface area contributed by atoms with Gasteiger partial charge in [-0.2, -0.15) is 5.10 Å². The third-order valence-corrected chi connectivity index (χ3v) is 3.31. The topological polar surface area (TPSA) is 51.0 Å². The largest absolute Gasteiger partial charge is 0.338 e.